The minimum atomic E-state index is -3.53. The van der Waals surface area contributed by atoms with Gasteiger partial charge < -0.3 is 0 Å². The van der Waals surface area contributed by atoms with E-state index in [2.05, 4.69) is 4.98 Å². The first kappa shape index (κ1) is 9.95. The lowest BCUT2D eigenvalue weighted by atomic mass is 10.4. The molecule has 0 amide bonds. The van der Waals surface area contributed by atoms with Gasteiger partial charge in [0.25, 0.3) is 0 Å². The average molecular weight is 226 g/mol. The van der Waals surface area contributed by atoms with Crippen LogP contribution < -0.4 is 0 Å². The second-order valence-corrected chi connectivity index (χ2v) is 6.42. The van der Waals surface area contributed by atoms with Crippen LogP contribution in [0.25, 0.3) is 0 Å². The van der Waals surface area contributed by atoms with E-state index in [1.165, 1.54) is 18.3 Å². The summed E-state index contributed by atoms with van der Waals surface area (Å²) < 4.78 is 21.7. The summed E-state index contributed by atoms with van der Waals surface area (Å²) in [5, 5.41) is 1.83. The van der Waals surface area contributed by atoms with Gasteiger partial charge >= 0.3 is 0 Å². The van der Waals surface area contributed by atoms with Crippen LogP contribution in [-0.4, -0.2) is 13.4 Å². The lowest BCUT2D eigenvalue weighted by Gasteiger charge is -2.01. The van der Waals surface area contributed by atoms with Crippen LogP contribution in [0.1, 0.15) is 22.9 Å². The molecule has 0 spiro atoms. The van der Waals surface area contributed by atoms with Crippen molar-refractivity contribution < 1.29 is 8.42 Å². The summed E-state index contributed by atoms with van der Waals surface area (Å²) in [5.74, 6) is 0. The molecule has 0 bridgehead atoms. The Bertz CT molecular complexity index is 371. The van der Waals surface area contributed by atoms with Crippen LogP contribution in [0.4, 0.5) is 0 Å². The van der Waals surface area contributed by atoms with Gasteiger partial charge in [-0.25, -0.2) is 13.4 Å². The zero-order valence-corrected chi connectivity index (χ0v) is 9.00. The van der Waals surface area contributed by atoms with Gasteiger partial charge in [0.1, 0.15) is 5.25 Å². The van der Waals surface area contributed by atoms with Gasteiger partial charge in [0.2, 0.25) is 9.05 Å². The molecule has 1 atom stereocenters. The molecule has 0 saturated carbocycles. The summed E-state index contributed by atoms with van der Waals surface area (Å²) in [4.78, 5) is 4.03. The Morgan fingerprint density at radius 2 is 2.25 bits per heavy atom. The Morgan fingerprint density at radius 1 is 1.67 bits per heavy atom. The highest BCUT2D eigenvalue weighted by molar-refractivity contribution is 8.13. The van der Waals surface area contributed by atoms with E-state index in [-0.39, 0.29) is 0 Å². The first-order chi connectivity index (χ1) is 5.41. The maximum atomic E-state index is 10.9. The van der Waals surface area contributed by atoms with Gasteiger partial charge in [0.15, 0.2) is 0 Å². The molecular formula is C6H8ClNO2S2. The fourth-order valence-corrected chi connectivity index (χ4v) is 2.19. The standard InChI is InChI=1S/C6H8ClNO2S2/c1-4(12(7,9)10)6-3-11-5(2)8-6/h3-4H,1-2H3. The normalized spacial score (nSPS) is 14.6. The van der Waals surface area contributed by atoms with Gasteiger partial charge in [-0.15, -0.1) is 11.3 Å². The molecule has 0 radical (unpaired) electrons. The van der Waals surface area contributed by atoms with Crippen LogP contribution in [0, 0.1) is 6.92 Å². The van der Waals surface area contributed by atoms with E-state index < -0.39 is 14.3 Å². The van der Waals surface area contributed by atoms with Gasteiger partial charge in [-0.1, -0.05) is 0 Å². The molecule has 12 heavy (non-hydrogen) atoms. The molecule has 0 saturated heterocycles. The molecule has 1 aromatic rings. The Balaban J connectivity index is 3.01. The lowest BCUT2D eigenvalue weighted by molar-refractivity contribution is 0.599. The zero-order chi connectivity index (χ0) is 9.35. The number of rotatable bonds is 2. The molecule has 1 aromatic heterocycles. The van der Waals surface area contributed by atoms with Gasteiger partial charge in [-0.05, 0) is 13.8 Å². The number of nitrogens with zero attached hydrogens (tertiary/aromatic N) is 1. The van der Waals surface area contributed by atoms with Crippen molar-refractivity contribution in [3.8, 4) is 0 Å². The van der Waals surface area contributed by atoms with Gasteiger partial charge in [-0.3, -0.25) is 0 Å². The van der Waals surface area contributed by atoms with E-state index >= 15 is 0 Å². The second kappa shape index (κ2) is 3.32. The van der Waals surface area contributed by atoms with Crippen molar-refractivity contribution >= 4 is 31.1 Å². The third kappa shape index (κ3) is 2.18. The molecule has 0 aromatic carbocycles. The van der Waals surface area contributed by atoms with Crippen LogP contribution >= 0.6 is 22.0 Å². The molecule has 0 aliphatic carbocycles. The number of thiazole rings is 1. The highest BCUT2D eigenvalue weighted by atomic mass is 35.7. The Morgan fingerprint density at radius 3 is 2.58 bits per heavy atom. The van der Waals surface area contributed by atoms with Crippen molar-refractivity contribution in [2.24, 2.45) is 0 Å². The Kier molecular flexibility index (Phi) is 2.75. The summed E-state index contributed by atoms with van der Waals surface area (Å²) in [6, 6.07) is 0. The van der Waals surface area contributed by atoms with Crippen LogP contribution in [0.2, 0.25) is 0 Å². The van der Waals surface area contributed by atoms with Crippen LogP contribution in [0.5, 0.6) is 0 Å². The summed E-state index contributed by atoms with van der Waals surface area (Å²) >= 11 is 1.41. The largest absolute Gasteiger partial charge is 0.245 e. The van der Waals surface area contributed by atoms with Crippen LogP contribution in [0.15, 0.2) is 5.38 Å². The molecule has 0 N–H and O–H groups in total. The van der Waals surface area contributed by atoms with Crippen molar-refractivity contribution in [1.29, 1.82) is 0 Å². The fraction of sp³-hybridized carbons (Fsp3) is 0.500. The zero-order valence-electron chi connectivity index (χ0n) is 6.61. The maximum absolute atomic E-state index is 10.9. The van der Waals surface area contributed by atoms with Gasteiger partial charge in [0, 0.05) is 16.1 Å². The molecule has 0 fully saturated rings. The topological polar surface area (TPSA) is 47.0 Å². The molecule has 0 aliphatic rings. The number of hydrogen-bond donors (Lipinski definition) is 0. The van der Waals surface area contributed by atoms with Crippen molar-refractivity contribution in [3.63, 3.8) is 0 Å². The predicted octanol–water partition coefficient (Wildman–Crippen LogP) is 2.08. The van der Waals surface area contributed by atoms with E-state index in [1.807, 2.05) is 6.92 Å². The van der Waals surface area contributed by atoms with E-state index in [0.717, 1.165) is 5.01 Å². The maximum Gasteiger partial charge on any atom is 0.240 e. The smallest absolute Gasteiger partial charge is 0.240 e. The predicted molar refractivity (Wildman–Crippen MR) is 50.0 cm³/mol. The number of aromatic nitrogens is 1. The molecule has 1 heterocycles. The monoisotopic (exact) mass is 225 g/mol. The van der Waals surface area contributed by atoms with Gasteiger partial charge in [0.05, 0.1) is 10.7 Å². The Labute approximate surface area is 79.8 Å². The van der Waals surface area contributed by atoms with E-state index in [0.29, 0.717) is 5.69 Å². The summed E-state index contributed by atoms with van der Waals surface area (Å²) in [6.07, 6.45) is 0. The third-order valence-corrected chi connectivity index (χ3v) is 4.16. The highest BCUT2D eigenvalue weighted by Crippen LogP contribution is 2.25. The first-order valence-electron chi connectivity index (χ1n) is 3.27. The fourth-order valence-electron chi connectivity index (χ4n) is 0.711. The van der Waals surface area contributed by atoms with Crippen LogP contribution in [-0.2, 0) is 9.05 Å². The SMILES string of the molecule is Cc1nc(C(C)S(=O)(=O)Cl)cs1. The quantitative estimate of drug-likeness (QED) is 0.724. The number of hydrogen-bond acceptors (Lipinski definition) is 4. The molecule has 3 nitrogen and oxygen atoms in total. The van der Waals surface area contributed by atoms with Crippen molar-refractivity contribution in [2.75, 3.05) is 0 Å². The van der Waals surface area contributed by atoms with Crippen molar-refractivity contribution in [1.82, 2.24) is 4.98 Å². The summed E-state index contributed by atoms with van der Waals surface area (Å²) in [5.41, 5.74) is 0.521. The highest BCUT2D eigenvalue weighted by Gasteiger charge is 2.21. The van der Waals surface area contributed by atoms with E-state index in [1.54, 1.807) is 5.38 Å². The van der Waals surface area contributed by atoms with Crippen molar-refractivity contribution in [2.45, 2.75) is 19.1 Å². The molecule has 1 unspecified atom stereocenters. The third-order valence-electron chi connectivity index (χ3n) is 1.48. The van der Waals surface area contributed by atoms with Gasteiger partial charge in [-0.2, -0.15) is 0 Å². The Hall–Kier alpha value is -0.130. The molecule has 68 valence electrons. The van der Waals surface area contributed by atoms with E-state index in [9.17, 15) is 8.42 Å². The molecular weight excluding hydrogens is 218 g/mol. The first-order valence-corrected chi connectivity index (χ1v) is 6.52. The number of halogens is 1. The molecule has 1 rings (SSSR count). The van der Waals surface area contributed by atoms with Crippen molar-refractivity contribution in [3.05, 3.63) is 16.1 Å². The second-order valence-electron chi connectivity index (χ2n) is 2.41. The summed E-state index contributed by atoms with van der Waals surface area (Å²) in [6.45, 7) is 3.35. The van der Waals surface area contributed by atoms with Crippen LogP contribution in [0.3, 0.4) is 0 Å². The number of aryl methyl sites for hydroxylation is 1. The molecule has 6 heteroatoms. The summed E-state index contributed by atoms with van der Waals surface area (Å²) in [7, 11) is 1.64. The molecule has 0 aliphatic heterocycles. The average Bonchev–Trinajstić information content (AvgIpc) is 2.32. The lowest BCUT2D eigenvalue weighted by Crippen LogP contribution is -2.02. The minimum Gasteiger partial charge on any atom is -0.245 e. The minimum absolute atomic E-state index is 0.521. The van der Waals surface area contributed by atoms with E-state index in [4.69, 9.17) is 10.7 Å².